The van der Waals surface area contributed by atoms with Gasteiger partial charge in [0.1, 0.15) is 5.76 Å². The largest absolute Gasteiger partial charge is 0.391 e. The molecule has 1 aliphatic carbocycles. The summed E-state index contributed by atoms with van der Waals surface area (Å²) in [5.41, 5.74) is 0. The van der Waals surface area contributed by atoms with Crippen LogP contribution in [0.15, 0.2) is 10.6 Å². The normalized spacial score (nSPS) is 23.9. The van der Waals surface area contributed by atoms with Gasteiger partial charge in [0.2, 0.25) is 5.91 Å². The Labute approximate surface area is 123 Å². The molecule has 1 amide bonds. The zero-order valence-corrected chi connectivity index (χ0v) is 12.2. The van der Waals surface area contributed by atoms with E-state index in [-0.39, 0.29) is 11.9 Å². The van der Waals surface area contributed by atoms with Gasteiger partial charge in [-0.3, -0.25) is 4.79 Å². The molecule has 20 heavy (non-hydrogen) atoms. The van der Waals surface area contributed by atoms with Gasteiger partial charge in [-0.2, -0.15) is 0 Å². The van der Waals surface area contributed by atoms with Crippen molar-refractivity contribution in [3.05, 3.63) is 17.0 Å². The number of amides is 1. The zero-order valence-electron chi connectivity index (χ0n) is 11.5. The van der Waals surface area contributed by atoms with E-state index in [9.17, 15) is 9.90 Å². The molecule has 1 aromatic rings. The first kappa shape index (κ1) is 15.3. The molecule has 5 nitrogen and oxygen atoms in total. The van der Waals surface area contributed by atoms with Gasteiger partial charge < -0.3 is 14.9 Å². The number of aromatic nitrogens is 1. The summed E-state index contributed by atoms with van der Waals surface area (Å²) < 4.78 is 4.95. The van der Waals surface area contributed by atoms with Crippen LogP contribution in [0.4, 0.5) is 0 Å². The molecule has 2 rings (SSSR count). The average Bonchev–Trinajstić information content (AvgIpc) is 2.82. The van der Waals surface area contributed by atoms with Crippen molar-refractivity contribution in [1.29, 1.82) is 0 Å². The van der Waals surface area contributed by atoms with Crippen LogP contribution in [0.1, 0.15) is 50.7 Å². The maximum absolute atomic E-state index is 11.9. The van der Waals surface area contributed by atoms with Gasteiger partial charge in [-0.25, -0.2) is 0 Å². The first-order valence-corrected chi connectivity index (χ1v) is 7.61. The van der Waals surface area contributed by atoms with Crippen molar-refractivity contribution in [2.75, 3.05) is 0 Å². The van der Waals surface area contributed by atoms with Crippen molar-refractivity contribution in [1.82, 2.24) is 10.5 Å². The van der Waals surface area contributed by atoms with Gasteiger partial charge in [0.25, 0.3) is 0 Å². The van der Waals surface area contributed by atoms with Gasteiger partial charge in [0.05, 0.1) is 12.1 Å². The van der Waals surface area contributed by atoms with E-state index in [1.165, 1.54) is 12.8 Å². The lowest BCUT2D eigenvalue weighted by atomic mass is 9.94. The molecule has 0 aliphatic heterocycles. The summed E-state index contributed by atoms with van der Waals surface area (Å²) in [5, 5.41) is 16.8. The SMILES string of the molecule is O=C(CCc1cc(Cl)no1)N[C@H]1CCCCCC[C@@H]1O. The topological polar surface area (TPSA) is 75.4 Å². The number of aliphatic hydroxyl groups excluding tert-OH is 1. The van der Waals surface area contributed by atoms with Crippen molar-refractivity contribution in [2.24, 2.45) is 0 Å². The molecule has 0 saturated heterocycles. The van der Waals surface area contributed by atoms with Crippen LogP contribution in [0.3, 0.4) is 0 Å². The number of rotatable bonds is 4. The standard InChI is InChI=1S/C14H21ClN2O3/c15-13-9-10(20-17-13)7-8-14(19)16-11-5-3-1-2-4-6-12(11)18/h9,11-12,18H,1-8H2,(H,16,19)/t11-,12-/m0/s1. The van der Waals surface area contributed by atoms with Crippen LogP contribution in [0.2, 0.25) is 5.15 Å². The molecule has 0 radical (unpaired) electrons. The number of carbonyl (C=O) groups is 1. The molecule has 1 aliphatic rings. The molecule has 1 aromatic heterocycles. The van der Waals surface area contributed by atoms with E-state index < -0.39 is 6.10 Å². The molecule has 1 fully saturated rings. The van der Waals surface area contributed by atoms with Crippen LogP contribution < -0.4 is 5.32 Å². The summed E-state index contributed by atoms with van der Waals surface area (Å²) in [4.78, 5) is 11.9. The smallest absolute Gasteiger partial charge is 0.220 e. The van der Waals surface area contributed by atoms with Crippen LogP contribution >= 0.6 is 11.6 Å². The molecular formula is C14H21ClN2O3. The molecule has 1 heterocycles. The minimum absolute atomic E-state index is 0.0675. The fourth-order valence-electron chi connectivity index (χ4n) is 2.55. The van der Waals surface area contributed by atoms with E-state index in [4.69, 9.17) is 16.1 Å². The number of nitrogens with zero attached hydrogens (tertiary/aromatic N) is 1. The van der Waals surface area contributed by atoms with Gasteiger partial charge in [-0.1, -0.05) is 42.4 Å². The van der Waals surface area contributed by atoms with Crippen LogP contribution in [-0.4, -0.2) is 28.3 Å². The Hall–Kier alpha value is -1.07. The lowest BCUT2D eigenvalue weighted by molar-refractivity contribution is -0.122. The second-order valence-electron chi connectivity index (χ2n) is 5.35. The Morgan fingerprint density at radius 3 is 2.85 bits per heavy atom. The Bertz CT molecular complexity index is 436. The number of halogens is 1. The quantitative estimate of drug-likeness (QED) is 0.895. The number of aryl methyl sites for hydroxylation is 1. The lowest BCUT2D eigenvalue weighted by Crippen LogP contribution is -2.43. The maximum Gasteiger partial charge on any atom is 0.220 e. The van der Waals surface area contributed by atoms with Gasteiger partial charge >= 0.3 is 0 Å². The molecule has 0 spiro atoms. The predicted molar refractivity (Wildman–Crippen MR) is 75.5 cm³/mol. The van der Waals surface area contributed by atoms with Gasteiger partial charge in [0, 0.05) is 18.9 Å². The van der Waals surface area contributed by atoms with Crippen molar-refractivity contribution in [3.8, 4) is 0 Å². The molecule has 112 valence electrons. The van der Waals surface area contributed by atoms with Gasteiger partial charge in [0.15, 0.2) is 5.15 Å². The summed E-state index contributed by atoms with van der Waals surface area (Å²) >= 11 is 5.65. The number of hydrogen-bond donors (Lipinski definition) is 2. The highest BCUT2D eigenvalue weighted by Crippen LogP contribution is 2.18. The summed E-state index contributed by atoms with van der Waals surface area (Å²) in [6, 6.07) is 1.49. The molecule has 0 aromatic carbocycles. The Kier molecular flexibility index (Phi) is 5.86. The zero-order chi connectivity index (χ0) is 14.4. The number of hydrogen-bond acceptors (Lipinski definition) is 4. The monoisotopic (exact) mass is 300 g/mol. The second kappa shape index (κ2) is 7.64. The van der Waals surface area contributed by atoms with Crippen LogP contribution in [-0.2, 0) is 11.2 Å². The van der Waals surface area contributed by atoms with Crippen molar-refractivity contribution >= 4 is 17.5 Å². The summed E-state index contributed by atoms with van der Waals surface area (Å²) in [6.45, 7) is 0. The van der Waals surface area contributed by atoms with E-state index in [0.717, 1.165) is 25.7 Å². The van der Waals surface area contributed by atoms with Gasteiger partial charge in [-0.05, 0) is 12.8 Å². The predicted octanol–water partition coefficient (Wildman–Crippen LogP) is 2.46. The molecular weight excluding hydrogens is 280 g/mol. The lowest BCUT2D eigenvalue weighted by Gasteiger charge is -2.26. The Balaban J connectivity index is 1.77. The Morgan fingerprint density at radius 1 is 1.40 bits per heavy atom. The number of nitrogens with one attached hydrogen (secondary N) is 1. The summed E-state index contributed by atoms with van der Waals surface area (Å²) in [7, 11) is 0. The van der Waals surface area contributed by atoms with E-state index in [0.29, 0.717) is 23.8 Å². The highest BCUT2D eigenvalue weighted by Gasteiger charge is 2.22. The molecule has 2 N–H and O–H groups in total. The summed E-state index contributed by atoms with van der Waals surface area (Å²) in [6.07, 6.45) is 6.40. The highest BCUT2D eigenvalue weighted by atomic mass is 35.5. The van der Waals surface area contributed by atoms with Crippen LogP contribution in [0.25, 0.3) is 0 Å². The fraction of sp³-hybridized carbons (Fsp3) is 0.714. The Morgan fingerprint density at radius 2 is 2.15 bits per heavy atom. The van der Waals surface area contributed by atoms with Crippen LogP contribution in [0, 0.1) is 0 Å². The first-order chi connectivity index (χ1) is 9.65. The molecule has 2 atom stereocenters. The second-order valence-corrected chi connectivity index (χ2v) is 5.74. The van der Waals surface area contributed by atoms with Crippen molar-refractivity contribution in [3.63, 3.8) is 0 Å². The number of carbonyl (C=O) groups excluding carboxylic acids is 1. The van der Waals surface area contributed by atoms with E-state index in [1.807, 2.05) is 0 Å². The molecule has 1 saturated carbocycles. The van der Waals surface area contributed by atoms with Crippen LogP contribution in [0.5, 0.6) is 0 Å². The number of aliphatic hydroxyl groups is 1. The van der Waals surface area contributed by atoms with E-state index >= 15 is 0 Å². The minimum Gasteiger partial charge on any atom is -0.391 e. The fourth-order valence-corrected chi connectivity index (χ4v) is 2.71. The molecule has 6 heteroatoms. The third-order valence-corrected chi connectivity index (χ3v) is 3.88. The third kappa shape index (κ3) is 4.80. The summed E-state index contributed by atoms with van der Waals surface area (Å²) in [5.74, 6) is 0.533. The molecule has 0 unspecified atom stereocenters. The molecule has 0 bridgehead atoms. The average molecular weight is 301 g/mol. The maximum atomic E-state index is 11.9. The third-order valence-electron chi connectivity index (χ3n) is 3.70. The van der Waals surface area contributed by atoms with Crippen molar-refractivity contribution in [2.45, 2.75) is 63.5 Å². The van der Waals surface area contributed by atoms with Gasteiger partial charge in [-0.15, -0.1) is 0 Å². The highest BCUT2D eigenvalue weighted by molar-refractivity contribution is 6.29. The minimum atomic E-state index is -0.432. The van der Waals surface area contributed by atoms with E-state index in [2.05, 4.69) is 10.5 Å². The first-order valence-electron chi connectivity index (χ1n) is 7.23. The van der Waals surface area contributed by atoms with E-state index in [1.54, 1.807) is 6.07 Å². The van der Waals surface area contributed by atoms with Crippen molar-refractivity contribution < 1.29 is 14.4 Å².